The Bertz CT molecular complexity index is 404. The van der Waals surface area contributed by atoms with Crippen LogP contribution in [0.15, 0.2) is 18.2 Å². The van der Waals surface area contributed by atoms with Crippen LogP contribution in [-0.2, 0) is 0 Å². The highest BCUT2D eigenvalue weighted by molar-refractivity contribution is 5.31. The van der Waals surface area contributed by atoms with E-state index in [2.05, 4.69) is 4.74 Å². The predicted octanol–water partition coefficient (Wildman–Crippen LogP) is 3.77. The van der Waals surface area contributed by atoms with Gasteiger partial charge >= 0.3 is 6.36 Å². The molecule has 18 heavy (non-hydrogen) atoms. The van der Waals surface area contributed by atoms with E-state index < -0.39 is 24.0 Å². The summed E-state index contributed by atoms with van der Waals surface area (Å²) in [6.45, 7) is 3.91. The molecule has 1 atom stereocenters. The van der Waals surface area contributed by atoms with Crippen molar-refractivity contribution in [2.75, 3.05) is 0 Å². The summed E-state index contributed by atoms with van der Waals surface area (Å²) in [6, 6.07) is 2.86. The summed E-state index contributed by atoms with van der Waals surface area (Å²) < 4.78 is 52.7. The fraction of sp³-hybridized carbons (Fsp3) is 0.500. The van der Waals surface area contributed by atoms with Crippen LogP contribution in [-0.4, -0.2) is 6.36 Å². The van der Waals surface area contributed by atoms with Gasteiger partial charge in [0.05, 0.1) is 0 Å². The van der Waals surface area contributed by atoms with E-state index in [-0.39, 0.29) is 0 Å². The zero-order valence-corrected chi connectivity index (χ0v) is 10.1. The van der Waals surface area contributed by atoms with Crippen LogP contribution in [0.2, 0.25) is 0 Å². The second-order valence-corrected chi connectivity index (χ2v) is 4.47. The molecule has 1 rings (SSSR count). The van der Waals surface area contributed by atoms with Crippen LogP contribution in [0.5, 0.6) is 5.75 Å². The van der Waals surface area contributed by atoms with Crippen LogP contribution in [0.4, 0.5) is 17.6 Å². The summed E-state index contributed by atoms with van der Waals surface area (Å²) >= 11 is 0. The van der Waals surface area contributed by atoms with E-state index in [1.54, 1.807) is 0 Å². The van der Waals surface area contributed by atoms with Crippen molar-refractivity contribution in [3.63, 3.8) is 0 Å². The molecular formula is C12H15F4NO. The molecule has 0 aliphatic rings. The van der Waals surface area contributed by atoms with Crippen molar-refractivity contribution in [3.05, 3.63) is 29.6 Å². The van der Waals surface area contributed by atoms with E-state index in [0.717, 1.165) is 12.1 Å². The lowest BCUT2D eigenvalue weighted by molar-refractivity contribution is -0.275. The van der Waals surface area contributed by atoms with E-state index in [9.17, 15) is 17.6 Å². The van der Waals surface area contributed by atoms with Gasteiger partial charge in [0.25, 0.3) is 0 Å². The molecule has 0 aliphatic carbocycles. The van der Waals surface area contributed by atoms with E-state index >= 15 is 0 Å². The van der Waals surface area contributed by atoms with Gasteiger partial charge in [-0.05, 0) is 30.0 Å². The summed E-state index contributed by atoms with van der Waals surface area (Å²) in [5.41, 5.74) is 6.27. The van der Waals surface area contributed by atoms with Crippen molar-refractivity contribution in [1.82, 2.24) is 0 Å². The molecule has 0 unspecified atom stereocenters. The fourth-order valence-electron chi connectivity index (χ4n) is 1.60. The molecular weight excluding hydrogens is 250 g/mol. The molecule has 0 saturated heterocycles. The third kappa shape index (κ3) is 4.52. The number of rotatable bonds is 4. The highest BCUT2D eigenvalue weighted by Gasteiger charge is 2.32. The van der Waals surface area contributed by atoms with Crippen LogP contribution < -0.4 is 10.5 Å². The molecule has 1 aromatic carbocycles. The number of ether oxygens (including phenoxy) is 1. The zero-order chi connectivity index (χ0) is 13.9. The third-order valence-electron chi connectivity index (χ3n) is 2.34. The number of nitrogens with two attached hydrogens (primary N) is 1. The lowest BCUT2D eigenvalue weighted by Gasteiger charge is -2.16. The summed E-state index contributed by atoms with van der Waals surface area (Å²) in [5.74, 6) is -1.60. The molecule has 0 heterocycles. The second kappa shape index (κ2) is 5.56. The van der Waals surface area contributed by atoms with Crippen molar-refractivity contribution in [2.45, 2.75) is 32.7 Å². The third-order valence-corrected chi connectivity index (χ3v) is 2.34. The minimum absolute atomic E-state index is 0.314. The first-order chi connectivity index (χ1) is 8.19. The Labute approximate surface area is 103 Å². The molecule has 0 aromatic heterocycles. The number of halogens is 4. The minimum atomic E-state index is -4.90. The maximum absolute atomic E-state index is 13.4. The van der Waals surface area contributed by atoms with Gasteiger partial charge in [0.15, 0.2) is 11.6 Å². The standard InChI is InChI=1S/C12H15F4NO/c1-7(2)5-10(17)8-3-4-11(9(13)6-8)18-12(14,15)16/h3-4,6-7,10H,5,17H2,1-2H3/t10-/m0/s1. The molecule has 2 nitrogen and oxygen atoms in total. The number of hydrogen-bond acceptors (Lipinski definition) is 2. The van der Waals surface area contributed by atoms with Crippen molar-refractivity contribution in [1.29, 1.82) is 0 Å². The topological polar surface area (TPSA) is 35.2 Å². The molecule has 2 N–H and O–H groups in total. The van der Waals surface area contributed by atoms with Crippen molar-refractivity contribution < 1.29 is 22.3 Å². The SMILES string of the molecule is CC(C)C[C@H](N)c1ccc(OC(F)(F)F)c(F)c1. The summed E-state index contributed by atoms with van der Waals surface area (Å²) in [4.78, 5) is 0. The first kappa shape index (κ1) is 14.8. The average Bonchev–Trinajstić information content (AvgIpc) is 2.18. The smallest absolute Gasteiger partial charge is 0.403 e. The van der Waals surface area contributed by atoms with Gasteiger partial charge in [-0.1, -0.05) is 19.9 Å². The summed E-state index contributed by atoms with van der Waals surface area (Å²) in [5, 5.41) is 0. The Morgan fingerprint density at radius 2 is 1.89 bits per heavy atom. The Balaban J connectivity index is 2.85. The highest BCUT2D eigenvalue weighted by Crippen LogP contribution is 2.28. The summed E-state index contributed by atoms with van der Waals surface area (Å²) in [7, 11) is 0. The Hall–Kier alpha value is -1.30. The number of alkyl halides is 3. The van der Waals surface area contributed by atoms with Crippen LogP contribution in [0.1, 0.15) is 31.9 Å². The zero-order valence-electron chi connectivity index (χ0n) is 10.1. The highest BCUT2D eigenvalue weighted by atomic mass is 19.4. The van der Waals surface area contributed by atoms with Crippen LogP contribution in [0.3, 0.4) is 0 Å². The monoisotopic (exact) mass is 265 g/mol. The van der Waals surface area contributed by atoms with Gasteiger partial charge in [0.1, 0.15) is 0 Å². The molecule has 0 aliphatic heterocycles. The van der Waals surface area contributed by atoms with Gasteiger partial charge in [-0.15, -0.1) is 13.2 Å². The molecule has 0 saturated carbocycles. The predicted molar refractivity (Wildman–Crippen MR) is 59.5 cm³/mol. The maximum Gasteiger partial charge on any atom is 0.573 e. The molecule has 102 valence electrons. The van der Waals surface area contributed by atoms with Crippen molar-refractivity contribution >= 4 is 0 Å². The van der Waals surface area contributed by atoms with Gasteiger partial charge < -0.3 is 10.5 Å². The largest absolute Gasteiger partial charge is 0.573 e. The first-order valence-corrected chi connectivity index (χ1v) is 5.50. The molecule has 0 amide bonds. The quantitative estimate of drug-likeness (QED) is 0.841. The molecule has 0 bridgehead atoms. The van der Waals surface area contributed by atoms with Crippen LogP contribution >= 0.6 is 0 Å². The first-order valence-electron chi connectivity index (χ1n) is 5.50. The van der Waals surface area contributed by atoms with E-state index in [1.165, 1.54) is 6.07 Å². The van der Waals surface area contributed by atoms with E-state index in [4.69, 9.17) is 5.73 Å². The molecule has 6 heteroatoms. The van der Waals surface area contributed by atoms with E-state index in [1.807, 2.05) is 13.8 Å². The fourth-order valence-corrected chi connectivity index (χ4v) is 1.60. The number of benzene rings is 1. The van der Waals surface area contributed by atoms with Gasteiger partial charge in [0.2, 0.25) is 0 Å². The average molecular weight is 265 g/mol. The van der Waals surface area contributed by atoms with Crippen LogP contribution in [0, 0.1) is 11.7 Å². The van der Waals surface area contributed by atoms with Crippen molar-refractivity contribution in [3.8, 4) is 5.75 Å². The Kier molecular flexibility index (Phi) is 4.56. The Morgan fingerprint density at radius 3 is 2.33 bits per heavy atom. The van der Waals surface area contributed by atoms with Gasteiger partial charge in [-0.25, -0.2) is 4.39 Å². The lowest BCUT2D eigenvalue weighted by Crippen LogP contribution is -2.18. The molecule has 0 radical (unpaired) electrons. The van der Waals surface area contributed by atoms with Crippen LogP contribution in [0.25, 0.3) is 0 Å². The molecule has 0 fully saturated rings. The van der Waals surface area contributed by atoms with E-state index in [0.29, 0.717) is 17.9 Å². The Morgan fingerprint density at radius 1 is 1.28 bits per heavy atom. The molecule has 0 spiro atoms. The van der Waals surface area contributed by atoms with Gasteiger partial charge in [0, 0.05) is 6.04 Å². The maximum atomic E-state index is 13.4. The minimum Gasteiger partial charge on any atom is -0.403 e. The molecule has 1 aromatic rings. The second-order valence-electron chi connectivity index (χ2n) is 4.47. The van der Waals surface area contributed by atoms with Gasteiger partial charge in [-0.2, -0.15) is 0 Å². The normalized spacial score (nSPS) is 13.8. The van der Waals surface area contributed by atoms with Gasteiger partial charge in [-0.3, -0.25) is 0 Å². The number of hydrogen-bond donors (Lipinski definition) is 1. The lowest BCUT2D eigenvalue weighted by atomic mass is 9.98. The summed E-state index contributed by atoms with van der Waals surface area (Å²) in [6.07, 6.45) is -4.28. The van der Waals surface area contributed by atoms with Crippen molar-refractivity contribution in [2.24, 2.45) is 11.7 Å².